The summed E-state index contributed by atoms with van der Waals surface area (Å²) in [6.45, 7) is 2.26. The van der Waals surface area contributed by atoms with Crippen molar-refractivity contribution in [2.24, 2.45) is 0 Å². The highest BCUT2D eigenvalue weighted by molar-refractivity contribution is 5.90. The van der Waals surface area contributed by atoms with Gasteiger partial charge < -0.3 is 0 Å². The molecule has 0 aliphatic carbocycles. The summed E-state index contributed by atoms with van der Waals surface area (Å²) >= 11 is 0. The molecule has 3 heteroatoms. The maximum absolute atomic E-state index is 11.9. The van der Waals surface area contributed by atoms with Gasteiger partial charge in [0.1, 0.15) is 0 Å². The molecule has 0 saturated heterocycles. The lowest BCUT2D eigenvalue weighted by molar-refractivity contribution is -0.123. The largest absolute Gasteiger partial charge is 0.281 e. The van der Waals surface area contributed by atoms with Crippen LogP contribution in [0.5, 0.6) is 0 Å². The number of hydroxylamine groups is 1. The average Bonchev–Trinajstić information content (AvgIpc) is 2.70. The Morgan fingerprint density at radius 2 is 1.33 bits per heavy atom. The highest BCUT2D eigenvalue weighted by atomic mass is 16.5. The molecule has 1 aromatic carbocycles. The van der Waals surface area contributed by atoms with Gasteiger partial charge in [0.15, 0.2) is 0 Å². The van der Waals surface area contributed by atoms with Gasteiger partial charge in [0, 0.05) is 6.42 Å². The normalized spacial score (nSPS) is 11.2. The van der Waals surface area contributed by atoms with Gasteiger partial charge in [-0.3, -0.25) is 10.0 Å². The molecule has 0 aromatic heterocycles. The van der Waals surface area contributed by atoms with Gasteiger partial charge in [0.25, 0.3) is 5.91 Å². The minimum Gasteiger partial charge on any atom is -0.281 e. The summed E-state index contributed by atoms with van der Waals surface area (Å²) in [6, 6.07) is 8.96. The van der Waals surface area contributed by atoms with Crippen LogP contribution in [0, 0.1) is 0 Å². The minimum atomic E-state index is -0.223. The van der Waals surface area contributed by atoms with Crippen LogP contribution in [0.3, 0.4) is 0 Å². The number of benzene rings is 1. The molecule has 0 fully saturated rings. The van der Waals surface area contributed by atoms with E-state index in [-0.39, 0.29) is 5.91 Å². The summed E-state index contributed by atoms with van der Waals surface area (Å²) in [4.78, 5) is 11.9. The summed E-state index contributed by atoms with van der Waals surface area (Å²) in [7, 11) is 0. The molecule has 0 bridgehead atoms. The monoisotopic (exact) mass is 373 g/mol. The Bertz CT molecular complexity index is 498. The van der Waals surface area contributed by atoms with E-state index in [1.807, 2.05) is 18.2 Å². The molecule has 0 saturated carbocycles. The fraction of sp³-hybridized carbons (Fsp3) is 0.625. The summed E-state index contributed by atoms with van der Waals surface area (Å²) < 4.78 is 0. The molecular weight excluding hydrogens is 334 g/mol. The molecule has 0 atom stereocenters. The number of unbranched alkanes of at least 4 members (excludes halogenated alkanes) is 11. The van der Waals surface area contributed by atoms with E-state index in [9.17, 15) is 10.0 Å². The number of anilines is 1. The molecular formula is C24H39NO2. The van der Waals surface area contributed by atoms with Crippen LogP contribution in [-0.2, 0) is 4.79 Å². The van der Waals surface area contributed by atoms with Crippen molar-refractivity contribution >= 4 is 11.6 Å². The number of hydrogen-bond acceptors (Lipinski definition) is 2. The second-order valence-corrected chi connectivity index (χ2v) is 7.38. The number of amides is 1. The van der Waals surface area contributed by atoms with Crippen LogP contribution in [-0.4, -0.2) is 11.1 Å². The van der Waals surface area contributed by atoms with Gasteiger partial charge in [-0.1, -0.05) is 88.6 Å². The van der Waals surface area contributed by atoms with Crippen LogP contribution in [0.25, 0.3) is 0 Å². The lowest BCUT2D eigenvalue weighted by Gasteiger charge is -2.14. The first-order chi connectivity index (χ1) is 13.3. The van der Waals surface area contributed by atoms with E-state index in [0.29, 0.717) is 12.1 Å². The lowest BCUT2D eigenvalue weighted by Crippen LogP contribution is -2.26. The van der Waals surface area contributed by atoms with Crippen LogP contribution in [0.1, 0.15) is 96.8 Å². The second-order valence-electron chi connectivity index (χ2n) is 7.38. The molecule has 0 radical (unpaired) electrons. The van der Waals surface area contributed by atoms with Gasteiger partial charge in [0.2, 0.25) is 0 Å². The van der Waals surface area contributed by atoms with Gasteiger partial charge in [0.05, 0.1) is 5.69 Å². The highest BCUT2D eigenvalue weighted by Crippen LogP contribution is 2.14. The zero-order valence-electron chi connectivity index (χ0n) is 17.2. The van der Waals surface area contributed by atoms with Crippen molar-refractivity contribution in [1.82, 2.24) is 0 Å². The maximum atomic E-state index is 11.9. The molecule has 1 aromatic rings. The molecule has 0 heterocycles. The third-order valence-electron chi connectivity index (χ3n) is 4.89. The van der Waals surface area contributed by atoms with Gasteiger partial charge in [-0.25, -0.2) is 0 Å². The van der Waals surface area contributed by atoms with Crippen molar-refractivity contribution in [3.05, 3.63) is 42.5 Å². The fourth-order valence-corrected chi connectivity index (χ4v) is 3.17. The molecule has 0 aliphatic rings. The Balaban J connectivity index is 1.90. The zero-order valence-corrected chi connectivity index (χ0v) is 17.2. The molecule has 1 N–H and O–H groups in total. The average molecular weight is 374 g/mol. The number of nitrogens with zero attached hydrogens (tertiary/aromatic N) is 1. The predicted octanol–water partition coefficient (Wildman–Crippen LogP) is 7.45. The smallest absolute Gasteiger partial charge is 0.250 e. The van der Waals surface area contributed by atoms with Crippen molar-refractivity contribution in [3.63, 3.8) is 0 Å². The van der Waals surface area contributed by atoms with E-state index < -0.39 is 0 Å². The first kappa shape index (κ1) is 23.4. The third-order valence-corrected chi connectivity index (χ3v) is 4.89. The van der Waals surface area contributed by atoms with Gasteiger partial charge in [-0.2, -0.15) is 5.06 Å². The SMILES string of the molecule is CCCCCCCCC=CCCCCCCCC(=O)N(O)c1ccccc1. The first-order valence-corrected chi connectivity index (χ1v) is 11.0. The lowest BCUT2D eigenvalue weighted by atomic mass is 10.1. The van der Waals surface area contributed by atoms with Crippen LogP contribution in [0.4, 0.5) is 5.69 Å². The van der Waals surface area contributed by atoms with Crippen LogP contribution in [0.15, 0.2) is 42.5 Å². The number of carbonyl (C=O) groups is 1. The fourth-order valence-electron chi connectivity index (χ4n) is 3.17. The van der Waals surface area contributed by atoms with E-state index in [1.165, 1.54) is 64.2 Å². The molecule has 0 spiro atoms. The Hall–Kier alpha value is -1.61. The van der Waals surface area contributed by atoms with E-state index in [1.54, 1.807) is 12.1 Å². The van der Waals surface area contributed by atoms with Gasteiger partial charge in [-0.05, 0) is 44.2 Å². The van der Waals surface area contributed by atoms with Gasteiger partial charge in [-0.15, -0.1) is 0 Å². The van der Waals surface area contributed by atoms with Crippen LogP contribution < -0.4 is 5.06 Å². The topological polar surface area (TPSA) is 40.5 Å². The van der Waals surface area contributed by atoms with Gasteiger partial charge >= 0.3 is 0 Å². The van der Waals surface area contributed by atoms with Crippen molar-refractivity contribution in [3.8, 4) is 0 Å². The molecule has 0 unspecified atom stereocenters. The molecule has 3 nitrogen and oxygen atoms in total. The molecule has 1 amide bonds. The molecule has 152 valence electrons. The number of hydrogen-bond donors (Lipinski definition) is 1. The first-order valence-electron chi connectivity index (χ1n) is 11.0. The molecule has 27 heavy (non-hydrogen) atoms. The van der Waals surface area contributed by atoms with E-state index in [4.69, 9.17) is 0 Å². The Kier molecular flexibility index (Phi) is 14.4. The van der Waals surface area contributed by atoms with E-state index in [2.05, 4.69) is 19.1 Å². The third kappa shape index (κ3) is 12.4. The maximum Gasteiger partial charge on any atom is 0.250 e. The van der Waals surface area contributed by atoms with Crippen molar-refractivity contribution < 1.29 is 10.0 Å². The summed E-state index contributed by atoms with van der Waals surface area (Å²) in [5.74, 6) is -0.223. The number of rotatable bonds is 16. The quantitative estimate of drug-likeness (QED) is 0.141. The second kappa shape index (κ2) is 16.6. The van der Waals surface area contributed by atoms with Crippen molar-refractivity contribution in [1.29, 1.82) is 0 Å². The van der Waals surface area contributed by atoms with Crippen LogP contribution >= 0.6 is 0 Å². The summed E-state index contributed by atoms with van der Waals surface area (Å²) in [5.41, 5.74) is 0.537. The molecule has 0 aliphatic heterocycles. The zero-order chi connectivity index (χ0) is 19.6. The van der Waals surface area contributed by atoms with Crippen molar-refractivity contribution in [2.45, 2.75) is 96.8 Å². The van der Waals surface area contributed by atoms with Crippen molar-refractivity contribution in [2.75, 3.05) is 5.06 Å². The number of para-hydroxylation sites is 1. The Labute approximate surface area is 166 Å². The minimum absolute atomic E-state index is 0.223. The molecule has 1 rings (SSSR count). The predicted molar refractivity (Wildman–Crippen MR) is 115 cm³/mol. The number of carbonyl (C=O) groups excluding carboxylic acids is 1. The summed E-state index contributed by atoms with van der Waals surface area (Å²) in [6.07, 6.45) is 21.2. The number of allylic oxidation sites excluding steroid dienone is 2. The van der Waals surface area contributed by atoms with E-state index in [0.717, 1.165) is 24.3 Å². The van der Waals surface area contributed by atoms with Crippen LogP contribution in [0.2, 0.25) is 0 Å². The standard InChI is InChI=1S/C24H39NO2/c1-2-3-4-5-6-7-8-9-10-11-12-13-14-15-19-22-24(26)25(27)23-20-17-16-18-21-23/h9-10,16-18,20-21,27H,2-8,11-15,19,22H2,1H3. The summed E-state index contributed by atoms with van der Waals surface area (Å²) in [5, 5.41) is 10.7. The van der Waals surface area contributed by atoms with E-state index >= 15 is 0 Å². The Morgan fingerprint density at radius 1 is 0.815 bits per heavy atom. The Morgan fingerprint density at radius 3 is 1.93 bits per heavy atom. The highest BCUT2D eigenvalue weighted by Gasteiger charge is 2.11.